The van der Waals surface area contributed by atoms with Gasteiger partial charge in [-0.1, -0.05) is 29.8 Å². The third-order valence-corrected chi connectivity index (χ3v) is 4.56. The number of alkyl halides is 3. The molecule has 0 saturated heterocycles. The van der Waals surface area contributed by atoms with Gasteiger partial charge in [0, 0.05) is 30.7 Å². The first-order valence-corrected chi connectivity index (χ1v) is 10.4. The molecule has 7 nitrogen and oxygen atoms in total. The molecule has 0 spiro atoms. The van der Waals surface area contributed by atoms with Gasteiger partial charge in [-0.2, -0.15) is 13.2 Å². The van der Waals surface area contributed by atoms with E-state index in [1.54, 1.807) is 43.3 Å². The number of hydrogen-bond acceptors (Lipinski definition) is 5. The molecule has 34 heavy (non-hydrogen) atoms. The molecule has 1 aromatic heterocycles. The SMILES string of the molecule is CC(=O)Nc1cccc(Oc2cc(NC(=O)C3CC3)ncn2)c1.Cc1cccc(C(F)(F)F)c1. The Morgan fingerprint density at radius 2 is 1.74 bits per heavy atom. The number of ether oxygens (including phenoxy) is 1. The molecule has 1 aliphatic rings. The molecule has 2 N–H and O–H groups in total. The zero-order chi connectivity index (χ0) is 24.7. The topological polar surface area (TPSA) is 93.2 Å². The summed E-state index contributed by atoms with van der Waals surface area (Å²) >= 11 is 0. The molecule has 1 saturated carbocycles. The monoisotopic (exact) mass is 472 g/mol. The van der Waals surface area contributed by atoms with Crippen molar-refractivity contribution in [3.8, 4) is 11.6 Å². The Bertz CT molecular complexity index is 1160. The number of anilines is 2. The van der Waals surface area contributed by atoms with Gasteiger partial charge < -0.3 is 15.4 Å². The number of aryl methyl sites for hydroxylation is 1. The second-order valence-corrected chi connectivity index (χ2v) is 7.68. The van der Waals surface area contributed by atoms with Crippen LogP contribution in [0.3, 0.4) is 0 Å². The van der Waals surface area contributed by atoms with Gasteiger partial charge >= 0.3 is 6.18 Å². The Balaban J connectivity index is 0.000000248. The van der Waals surface area contributed by atoms with Crippen molar-refractivity contribution in [3.63, 3.8) is 0 Å². The Morgan fingerprint density at radius 1 is 1.00 bits per heavy atom. The molecule has 0 atom stereocenters. The largest absolute Gasteiger partial charge is 0.439 e. The molecule has 0 aliphatic heterocycles. The van der Waals surface area contributed by atoms with Crippen molar-refractivity contribution in [1.82, 2.24) is 9.97 Å². The molecule has 10 heteroatoms. The molecule has 4 rings (SSSR count). The van der Waals surface area contributed by atoms with Crippen molar-refractivity contribution in [1.29, 1.82) is 0 Å². The van der Waals surface area contributed by atoms with E-state index in [-0.39, 0.29) is 17.7 Å². The number of carbonyl (C=O) groups excluding carboxylic acids is 2. The van der Waals surface area contributed by atoms with Gasteiger partial charge in [-0.3, -0.25) is 9.59 Å². The van der Waals surface area contributed by atoms with Gasteiger partial charge in [0.05, 0.1) is 5.56 Å². The number of hydrogen-bond donors (Lipinski definition) is 2. The van der Waals surface area contributed by atoms with Crippen LogP contribution in [0.4, 0.5) is 24.7 Å². The third kappa shape index (κ3) is 7.88. The molecule has 0 bridgehead atoms. The maximum absolute atomic E-state index is 12.0. The zero-order valence-electron chi connectivity index (χ0n) is 18.5. The summed E-state index contributed by atoms with van der Waals surface area (Å²) in [5.74, 6) is 1.16. The lowest BCUT2D eigenvalue weighted by atomic mass is 10.1. The molecule has 0 unspecified atom stereocenters. The Labute approximate surface area is 194 Å². The first-order valence-electron chi connectivity index (χ1n) is 10.4. The van der Waals surface area contributed by atoms with Gasteiger partial charge in [0.2, 0.25) is 17.7 Å². The number of aromatic nitrogens is 2. The number of amides is 2. The highest BCUT2D eigenvalue weighted by molar-refractivity contribution is 5.93. The zero-order valence-corrected chi connectivity index (χ0v) is 18.5. The second-order valence-electron chi connectivity index (χ2n) is 7.68. The van der Waals surface area contributed by atoms with Crippen molar-refractivity contribution in [2.45, 2.75) is 32.9 Å². The fourth-order valence-electron chi connectivity index (χ4n) is 2.82. The standard InChI is InChI=1S/C16H16N4O3.C8H7F3/c1-10(21)19-12-3-2-4-13(7-12)23-15-8-14(17-9-18-15)20-16(22)11-5-6-11;1-6-3-2-4-7(5-6)8(9,10)11/h2-4,7-9,11H,5-6H2,1H3,(H,19,21)(H,17,18,20,22);2-5H,1H3. The average Bonchev–Trinajstić information content (AvgIpc) is 3.59. The second kappa shape index (κ2) is 10.8. The molecule has 0 radical (unpaired) electrons. The van der Waals surface area contributed by atoms with E-state index in [9.17, 15) is 22.8 Å². The van der Waals surface area contributed by atoms with Crippen molar-refractivity contribution in [3.05, 3.63) is 72.1 Å². The van der Waals surface area contributed by atoms with Crippen molar-refractivity contribution < 1.29 is 27.5 Å². The van der Waals surface area contributed by atoms with Crippen molar-refractivity contribution >= 4 is 23.3 Å². The number of benzene rings is 2. The summed E-state index contributed by atoms with van der Waals surface area (Å²) in [5, 5.41) is 5.42. The first-order chi connectivity index (χ1) is 16.1. The molecule has 2 amide bonds. The predicted octanol–water partition coefficient (Wildman–Crippen LogP) is 5.59. The first kappa shape index (κ1) is 24.7. The summed E-state index contributed by atoms with van der Waals surface area (Å²) in [5.41, 5.74) is 0.670. The molecule has 2 aromatic carbocycles. The van der Waals surface area contributed by atoms with E-state index >= 15 is 0 Å². The highest BCUT2D eigenvalue weighted by atomic mass is 19.4. The number of carbonyl (C=O) groups is 2. The molecule has 178 valence electrons. The molecular formula is C24H23F3N4O3. The van der Waals surface area contributed by atoms with Crippen LogP contribution in [0.5, 0.6) is 11.6 Å². The molecule has 1 aliphatic carbocycles. The van der Waals surface area contributed by atoms with Crippen LogP contribution in [0, 0.1) is 12.8 Å². The average molecular weight is 472 g/mol. The number of nitrogens with zero attached hydrogens (tertiary/aromatic N) is 2. The molecular weight excluding hydrogens is 449 g/mol. The van der Waals surface area contributed by atoms with E-state index in [4.69, 9.17) is 4.74 Å². The van der Waals surface area contributed by atoms with Crippen molar-refractivity contribution in [2.24, 2.45) is 5.92 Å². The van der Waals surface area contributed by atoms with E-state index in [0.29, 0.717) is 28.7 Å². The number of rotatable bonds is 5. The van der Waals surface area contributed by atoms with E-state index in [0.717, 1.165) is 25.0 Å². The lowest BCUT2D eigenvalue weighted by Crippen LogP contribution is -2.14. The van der Waals surface area contributed by atoms with Crippen LogP contribution >= 0.6 is 0 Å². The maximum Gasteiger partial charge on any atom is 0.416 e. The predicted molar refractivity (Wildman–Crippen MR) is 120 cm³/mol. The van der Waals surface area contributed by atoms with Crippen LogP contribution in [0.25, 0.3) is 0 Å². The Kier molecular flexibility index (Phi) is 7.83. The summed E-state index contributed by atoms with van der Waals surface area (Å²) in [7, 11) is 0. The summed E-state index contributed by atoms with van der Waals surface area (Å²) in [6.07, 6.45) is -1.03. The van der Waals surface area contributed by atoms with E-state index in [1.165, 1.54) is 19.3 Å². The molecule has 3 aromatic rings. The van der Waals surface area contributed by atoms with Crippen molar-refractivity contribution in [2.75, 3.05) is 10.6 Å². The van der Waals surface area contributed by atoms with Gasteiger partial charge in [-0.25, -0.2) is 9.97 Å². The van der Waals surface area contributed by atoms with E-state index < -0.39 is 11.7 Å². The number of nitrogens with one attached hydrogen (secondary N) is 2. The molecule has 1 heterocycles. The quantitative estimate of drug-likeness (QED) is 0.505. The van der Waals surface area contributed by atoms with Gasteiger partial charge in [-0.05, 0) is 38.0 Å². The number of halogens is 3. The van der Waals surface area contributed by atoms with E-state index in [2.05, 4.69) is 20.6 Å². The summed E-state index contributed by atoms with van der Waals surface area (Å²) < 4.78 is 41.5. The highest BCUT2D eigenvalue weighted by Gasteiger charge is 2.30. The fourth-order valence-corrected chi connectivity index (χ4v) is 2.82. The minimum Gasteiger partial charge on any atom is -0.439 e. The fraction of sp³-hybridized carbons (Fsp3) is 0.250. The van der Waals surface area contributed by atoms with E-state index in [1.807, 2.05) is 0 Å². The highest BCUT2D eigenvalue weighted by Crippen LogP contribution is 2.31. The molecule has 1 fully saturated rings. The minimum absolute atomic E-state index is 0.0256. The van der Waals surface area contributed by atoms with Crippen LogP contribution in [0.15, 0.2) is 60.9 Å². The van der Waals surface area contributed by atoms with Gasteiger partial charge in [-0.15, -0.1) is 0 Å². The third-order valence-electron chi connectivity index (χ3n) is 4.56. The Morgan fingerprint density at radius 3 is 2.35 bits per heavy atom. The lowest BCUT2D eigenvalue weighted by Gasteiger charge is -2.08. The minimum atomic E-state index is -4.22. The summed E-state index contributed by atoms with van der Waals surface area (Å²) in [4.78, 5) is 30.8. The maximum atomic E-state index is 12.0. The van der Waals surface area contributed by atoms with Gasteiger partial charge in [0.1, 0.15) is 17.9 Å². The normalized spacial score (nSPS) is 12.7. The van der Waals surface area contributed by atoms with Crippen LogP contribution in [0.2, 0.25) is 0 Å². The Hall–Kier alpha value is -3.95. The lowest BCUT2D eigenvalue weighted by molar-refractivity contribution is -0.137. The summed E-state index contributed by atoms with van der Waals surface area (Å²) in [6.45, 7) is 3.07. The van der Waals surface area contributed by atoms with Crippen LogP contribution in [0.1, 0.15) is 30.9 Å². The smallest absolute Gasteiger partial charge is 0.416 e. The van der Waals surface area contributed by atoms with Crippen LogP contribution in [-0.4, -0.2) is 21.8 Å². The van der Waals surface area contributed by atoms with Gasteiger partial charge in [0.15, 0.2) is 0 Å². The van der Waals surface area contributed by atoms with Gasteiger partial charge in [0.25, 0.3) is 0 Å². The van der Waals surface area contributed by atoms with Crippen LogP contribution in [-0.2, 0) is 15.8 Å². The van der Waals surface area contributed by atoms with Crippen LogP contribution < -0.4 is 15.4 Å². The summed E-state index contributed by atoms with van der Waals surface area (Å²) in [6, 6.07) is 13.7.